The highest BCUT2D eigenvalue weighted by Gasteiger charge is 2.12. The van der Waals surface area contributed by atoms with Crippen LogP contribution in [-0.2, 0) is 11.8 Å². The molecule has 0 aliphatic rings. The molecule has 1 aromatic carbocycles. The second kappa shape index (κ2) is 14.7. The van der Waals surface area contributed by atoms with Crippen LogP contribution in [0.2, 0.25) is 0 Å². The zero-order valence-corrected chi connectivity index (χ0v) is 23.4. The lowest BCUT2D eigenvalue weighted by atomic mass is 10.0. The molecule has 2 heterocycles. The fourth-order valence-corrected chi connectivity index (χ4v) is 4.23. The molecule has 8 heteroatoms. The van der Waals surface area contributed by atoms with Gasteiger partial charge in [-0.1, -0.05) is 52.0 Å². The Morgan fingerprint density at radius 1 is 1.19 bits per heavy atom. The first-order chi connectivity index (χ1) is 17.7. The number of benzene rings is 1. The number of rotatable bonds is 10. The Labute approximate surface area is 224 Å². The molecule has 0 spiro atoms. The SMILES string of the molecule is C=C(/C=C(/C)N=C(C)CCC)c1cccc(-c2csc(NC(=O)CNC(=O)c3ccn(C)c3)n2)c1.CC. The van der Waals surface area contributed by atoms with Crippen LogP contribution in [0.15, 0.2) is 71.4 Å². The molecule has 0 fully saturated rings. The summed E-state index contributed by atoms with van der Waals surface area (Å²) in [4.78, 5) is 33.5. The van der Waals surface area contributed by atoms with E-state index in [1.165, 1.54) is 11.3 Å². The van der Waals surface area contributed by atoms with Crippen molar-refractivity contribution in [3.63, 3.8) is 0 Å². The van der Waals surface area contributed by atoms with Crippen molar-refractivity contribution in [3.05, 3.63) is 77.6 Å². The molecule has 3 aromatic rings. The van der Waals surface area contributed by atoms with Crippen molar-refractivity contribution in [2.75, 3.05) is 11.9 Å². The number of carbonyl (C=O) groups is 2. The topological polar surface area (TPSA) is 88.4 Å². The van der Waals surface area contributed by atoms with Gasteiger partial charge in [0.1, 0.15) is 0 Å². The number of anilines is 1. The van der Waals surface area contributed by atoms with Gasteiger partial charge in [0.25, 0.3) is 5.91 Å². The van der Waals surface area contributed by atoms with Crippen molar-refractivity contribution in [2.45, 2.75) is 47.5 Å². The summed E-state index contributed by atoms with van der Waals surface area (Å²) in [6.07, 6.45) is 7.51. The minimum Gasteiger partial charge on any atom is -0.356 e. The summed E-state index contributed by atoms with van der Waals surface area (Å²) >= 11 is 1.33. The summed E-state index contributed by atoms with van der Waals surface area (Å²) in [5, 5.41) is 7.72. The number of allylic oxidation sites excluding steroid dienone is 3. The van der Waals surface area contributed by atoms with Crippen LogP contribution in [0.5, 0.6) is 0 Å². The lowest BCUT2D eigenvalue weighted by Crippen LogP contribution is -2.32. The molecule has 0 saturated heterocycles. The highest BCUT2D eigenvalue weighted by Crippen LogP contribution is 2.27. The van der Waals surface area contributed by atoms with Crippen molar-refractivity contribution in [1.29, 1.82) is 0 Å². The Balaban J connectivity index is 0.00000235. The summed E-state index contributed by atoms with van der Waals surface area (Å²) in [5.41, 5.74) is 6.07. The molecule has 2 N–H and O–H groups in total. The molecule has 0 saturated carbocycles. The smallest absolute Gasteiger partial charge is 0.253 e. The number of aromatic nitrogens is 2. The summed E-state index contributed by atoms with van der Waals surface area (Å²) in [6, 6.07) is 9.65. The van der Waals surface area contributed by atoms with Gasteiger partial charge in [0.15, 0.2) is 5.13 Å². The third-order valence-electron chi connectivity index (χ3n) is 5.15. The third kappa shape index (κ3) is 9.31. The van der Waals surface area contributed by atoms with Crippen LogP contribution in [0.1, 0.15) is 63.4 Å². The van der Waals surface area contributed by atoms with E-state index in [1.807, 2.05) is 70.5 Å². The van der Waals surface area contributed by atoms with E-state index in [1.54, 1.807) is 23.0 Å². The number of hydrogen-bond donors (Lipinski definition) is 2. The molecule has 2 aromatic heterocycles. The number of thiazole rings is 1. The quantitative estimate of drug-likeness (QED) is 0.230. The molecule has 0 aliphatic carbocycles. The first-order valence-corrected chi connectivity index (χ1v) is 13.3. The van der Waals surface area contributed by atoms with Crippen molar-refractivity contribution in [1.82, 2.24) is 14.9 Å². The Morgan fingerprint density at radius 2 is 1.95 bits per heavy atom. The number of nitrogens with zero attached hydrogens (tertiary/aromatic N) is 3. The highest BCUT2D eigenvalue weighted by molar-refractivity contribution is 7.14. The zero-order valence-electron chi connectivity index (χ0n) is 22.6. The van der Waals surface area contributed by atoms with Crippen molar-refractivity contribution in [2.24, 2.45) is 12.0 Å². The van der Waals surface area contributed by atoms with Crippen molar-refractivity contribution >= 4 is 39.6 Å². The Kier molecular flexibility index (Phi) is 11.7. The molecule has 0 atom stereocenters. The second-order valence-corrected chi connectivity index (χ2v) is 9.18. The normalized spacial score (nSPS) is 11.4. The van der Waals surface area contributed by atoms with Gasteiger partial charge in [0, 0.05) is 41.8 Å². The zero-order chi connectivity index (χ0) is 27.4. The molecule has 0 aliphatic heterocycles. The van der Waals surface area contributed by atoms with Crippen molar-refractivity contribution in [3.8, 4) is 11.3 Å². The van der Waals surface area contributed by atoms with E-state index in [2.05, 4.69) is 34.1 Å². The van der Waals surface area contributed by atoms with Gasteiger partial charge in [-0.3, -0.25) is 14.6 Å². The number of hydrogen-bond acceptors (Lipinski definition) is 5. The monoisotopic (exact) mass is 519 g/mol. The van der Waals surface area contributed by atoms with E-state index < -0.39 is 0 Å². The summed E-state index contributed by atoms with van der Waals surface area (Å²) in [6.45, 7) is 14.2. The minimum atomic E-state index is -0.336. The fraction of sp³-hybridized carbons (Fsp3) is 0.310. The molecular weight excluding hydrogens is 482 g/mol. The predicted molar refractivity (Wildman–Crippen MR) is 156 cm³/mol. The van der Waals surface area contributed by atoms with E-state index in [-0.39, 0.29) is 18.4 Å². The van der Waals surface area contributed by atoms with Gasteiger partial charge in [-0.2, -0.15) is 0 Å². The molecule has 37 heavy (non-hydrogen) atoms. The maximum atomic E-state index is 12.3. The van der Waals surface area contributed by atoms with E-state index in [4.69, 9.17) is 0 Å². The van der Waals surface area contributed by atoms with E-state index in [0.717, 1.165) is 46.6 Å². The molecule has 3 rings (SSSR count). The van der Waals surface area contributed by atoms with Crippen LogP contribution in [0.4, 0.5) is 5.13 Å². The predicted octanol–water partition coefficient (Wildman–Crippen LogP) is 6.72. The first-order valence-electron chi connectivity index (χ1n) is 12.4. The van der Waals surface area contributed by atoms with Gasteiger partial charge < -0.3 is 15.2 Å². The summed E-state index contributed by atoms with van der Waals surface area (Å²) < 4.78 is 1.77. The van der Waals surface area contributed by atoms with Gasteiger partial charge in [0.05, 0.1) is 17.8 Å². The average Bonchev–Trinajstić information content (AvgIpc) is 3.53. The fourth-order valence-electron chi connectivity index (χ4n) is 3.49. The number of aryl methyl sites for hydroxylation is 1. The Morgan fingerprint density at radius 3 is 2.62 bits per heavy atom. The Hall–Kier alpha value is -3.78. The highest BCUT2D eigenvalue weighted by atomic mass is 32.1. The largest absolute Gasteiger partial charge is 0.356 e. The number of carbonyl (C=O) groups excluding carboxylic acids is 2. The molecule has 196 valence electrons. The molecule has 0 unspecified atom stereocenters. The summed E-state index contributed by atoms with van der Waals surface area (Å²) in [5.74, 6) is -0.634. The average molecular weight is 520 g/mol. The van der Waals surface area contributed by atoms with Crippen LogP contribution in [-0.4, -0.2) is 33.6 Å². The van der Waals surface area contributed by atoms with Gasteiger partial charge in [-0.15, -0.1) is 11.3 Å². The second-order valence-electron chi connectivity index (χ2n) is 8.32. The molecule has 0 bridgehead atoms. The van der Waals surface area contributed by atoms with Gasteiger partial charge >= 0.3 is 0 Å². The van der Waals surface area contributed by atoms with Crippen LogP contribution in [0.3, 0.4) is 0 Å². The lowest BCUT2D eigenvalue weighted by Gasteiger charge is -2.05. The van der Waals surface area contributed by atoms with Gasteiger partial charge in [-0.05, 0) is 49.6 Å². The van der Waals surface area contributed by atoms with Crippen LogP contribution < -0.4 is 10.6 Å². The first kappa shape index (κ1) is 29.5. The van der Waals surface area contributed by atoms with E-state index in [9.17, 15) is 9.59 Å². The molecular formula is C29H37N5O2S. The number of amides is 2. The summed E-state index contributed by atoms with van der Waals surface area (Å²) in [7, 11) is 1.83. The minimum absolute atomic E-state index is 0.135. The lowest BCUT2D eigenvalue weighted by molar-refractivity contribution is -0.115. The number of nitrogens with one attached hydrogen (secondary N) is 2. The van der Waals surface area contributed by atoms with Crippen LogP contribution >= 0.6 is 11.3 Å². The van der Waals surface area contributed by atoms with E-state index >= 15 is 0 Å². The van der Waals surface area contributed by atoms with Crippen LogP contribution in [0.25, 0.3) is 16.8 Å². The maximum absolute atomic E-state index is 12.3. The molecule has 0 radical (unpaired) electrons. The van der Waals surface area contributed by atoms with Gasteiger partial charge in [0.2, 0.25) is 5.91 Å². The Bertz CT molecular complexity index is 1280. The third-order valence-corrected chi connectivity index (χ3v) is 5.90. The standard InChI is InChI=1S/C27H31N5O2S.C2H6/c1-6-8-19(3)29-20(4)13-18(2)21-9-7-10-22(14-21)24-17-35-27(30-24)31-25(33)15-28-26(34)23-11-12-32(5)16-23;1-2/h7,9-14,16-17H,2,6,8,15H2,1,3-5H3,(H,28,34)(H,30,31,33);1-2H3/b20-13-,29-19?;. The van der Waals surface area contributed by atoms with Crippen molar-refractivity contribution < 1.29 is 9.59 Å². The van der Waals surface area contributed by atoms with Crippen LogP contribution in [0, 0.1) is 0 Å². The maximum Gasteiger partial charge on any atom is 0.253 e. The van der Waals surface area contributed by atoms with E-state index in [0.29, 0.717) is 10.7 Å². The number of aliphatic imine (C=N–C) groups is 1. The molecule has 2 amide bonds. The molecule has 7 nitrogen and oxygen atoms in total. The van der Waals surface area contributed by atoms with Gasteiger partial charge in [-0.25, -0.2) is 4.98 Å².